The molecule has 9 heteroatoms. The van der Waals surface area contributed by atoms with Crippen LogP contribution in [0.25, 0.3) is 0 Å². The lowest BCUT2D eigenvalue weighted by Crippen LogP contribution is -2.04. The van der Waals surface area contributed by atoms with Crippen LogP contribution in [-0.2, 0) is 27.7 Å². The number of benzene rings is 1. The lowest BCUT2D eigenvalue weighted by atomic mass is 10.3. The Balaban J connectivity index is 0. The van der Waals surface area contributed by atoms with Crippen LogP contribution in [0.1, 0.15) is 34.6 Å². The zero-order valence-corrected chi connectivity index (χ0v) is 16.2. The quantitative estimate of drug-likeness (QED) is 0.692. The van der Waals surface area contributed by atoms with Crippen molar-refractivity contribution in [3.8, 4) is 0 Å². The monoisotopic (exact) mass is 377 g/mol. The number of carbonyl (C=O) groups excluding carboxylic acids is 1. The van der Waals surface area contributed by atoms with E-state index in [0.29, 0.717) is 19.8 Å². The van der Waals surface area contributed by atoms with Crippen molar-refractivity contribution in [2.75, 3.05) is 25.1 Å². The van der Waals surface area contributed by atoms with Gasteiger partial charge in [0.15, 0.2) is 0 Å². The lowest BCUT2D eigenvalue weighted by Gasteiger charge is -2.14. The first-order valence-corrected chi connectivity index (χ1v) is 9.22. The maximum Gasteiger partial charge on any atom is 0.474 e. The number of carbonyl (C=O) groups is 2. The minimum Gasteiger partial charge on any atom is -0.481 e. The highest BCUT2D eigenvalue weighted by molar-refractivity contribution is 7.48. The van der Waals surface area contributed by atoms with Crippen LogP contribution in [0.4, 0.5) is 5.69 Å². The third-order valence-electron chi connectivity index (χ3n) is 1.96. The van der Waals surface area contributed by atoms with Crippen LogP contribution >= 0.6 is 7.82 Å². The van der Waals surface area contributed by atoms with E-state index in [2.05, 4.69) is 5.32 Å². The van der Waals surface area contributed by atoms with E-state index in [0.717, 1.165) is 12.6 Å². The molecule has 0 saturated carbocycles. The summed E-state index contributed by atoms with van der Waals surface area (Å²) in [6, 6.07) is 9.37. The van der Waals surface area contributed by atoms with Gasteiger partial charge in [-0.05, 0) is 32.9 Å². The summed E-state index contributed by atoms with van der Waals surface area (Å²) in [6.07, 6.45) is 0. The summed E-state index contributed by atoms with van der Waals surface area (Å²) in [5, 5.41) is 10.1. The Morgan fingerprint density at radius 1 is 0.960 bits per heavy atom. The number of anilines is 1. The highest BCUT2D eigenvalue weighted by Gasteiger charge is 2.23. The fourth-order valence-corrected chi connectivity index (χ4v) is 2.48. The Morgan fingerprint density at radius 3 is 1.60 bits per heavy atom. The van der Waals surface area contributed by atoms with Gasteiger partial charge in [-0.25, -0.2) is 4.57 Å². The van der Waals surface area contributed by atoms with E-state index in [1.165, 1.54) is 6.92 Å². The summed E-state index contributed by atoms with van der Waals surface area (Å²) in [5.41, 5.74) is 0.843. The number of rotatable bonds is 7. The summed E-state index contributed by atoms with van der Waals surface area (Å²) in [5.74, 6) is -0.869. The molecule has 0 unspecified atom stereocenters. The number of aliphatic carboxylic acids is 1. The fourth-order valence-electron chi connectivity index (χ4n) is 1.31. The standard InChI is InChI=1S/C8H9NO.C6H15O4P.C2H4O2/c1-7(10)9-8-5-3-2-4-6-8;1-4-8-11(7,9-5-2)10-6-3;1-2(3)4/h2-6H,1H3,(H,9,10);4-6H2,1-3H3;1H3,(H,3,4). The molecule has 0 aromatic heterocycles. The number of para-hydroxylation sites is 1. The molecule has 1 aromatic carbocycles. The van der Waals surface area contributed by atoms with Crippen molar-refractivity contribution in [3.63, 3.8) is 0 Å². The SMILES string of the molecule is CC(=O)Nc1ccccc1.CC(=O)O.CCOP(=O)(OCC)OCC. The molecule has 0 radical (unpaired) electrons. The Kier molecular flexibility index (Phi) is 16.1. The van der Waals surface area contributed by atoms with E-state index >= 15 is 0 Å². The molecular weight excluding hydrogens is 349 g/mol. The Morgan fingerprint density at radius 2 is 1.32 bits per heavy atom. The molecule has 0 heterocycles. The van der Waals surface area contributed by atoms with Gasteiger partial charge in [-0.3, -0.25) is 23.2 Å². The van der Waals surface area contributed by atoms with Crippen molar-refractivity contribution < 1.29 is 32.8 Å². The normalized spacial score (nSPS) is 9.80. The molecule has 8 nitrogen and oxygen atoms in total. The van der Waals surface area contributed by atoms with Gasteiger partial charge >= 0.3 is 7.82 Å². The van der Waals surface area contributed by atoms with E-state index in [1.807, 2.05) is 30.3 Å². The van der Waals surface area contributed by atoms with Crippen molar-refractivity contribution in [2.45, 2.75) is 34.6 Å². The van der Waals surface area contributed by atoms with Gasteiger partial charge in [-0.15, -0.1) is 0 Å². The van der Waals surface area contributed by atoms with Crippen molar-refractivity contribution in [3.05, 3.63) is 30.3 Å². The Labute approximate surface area is 149 Å². The van der Waals surface area contributed by atoms with E-state index in [-0.39, 0.29) is 5.91 Å². The van der Waals surface area contributed by atoms with Crippen LogP contribution in [0.3, 0.4) is 0 Å². The minimum atomic E-state index is -3.22. The van der Waals surface area contributed by atoms with Crippen LogP contribution < -0.4 is 5.32 Å². The molecule has 1 aromatic rings. The number of hydrogen-bond acceptors (Lipinski definition) is 6. The Hall–Kier alpha value is -1.73. The third kappa shape index (κ3) is 18.4. The van der Waals surface area contributed by atoms with Gasteiger partial charge in [0.2, 0.25) is 5.91 Å². The number of phosphoric ester groups is 1. The van der Waals surface area contributed by atoms with Gasteiger partial charge < -0.3 is 10.4 Å². The number of nitrogens with one attached hydrogen (secondary N) is 1. The van der Waals surface area contributed by atoms with Gasteiger partial charge in [0.1, 0.15) is 0 Å². The smallest absolute Gasteiger partial charge is 0.474 e. The zero-order chi connectivity index (χ0) is 19.7. The zero-order valence-electron chi connectivity index (χ0n) is 15.4. The summed E-state index contributed by atoms with van der Waals surface area (Å²) < 4.78 is 25.8. The van der Waals surface area contributed by atoms with Gasteiger partial charge in [0.25, 0.3) is 5.97 Å². The third-order valence-corrected chi connectivity index (χ3v) is 3.68. The number of carboxylic acid groups (broad SMARTS) is 1. The topological polar surface area (TPSA) is 111 Å². The van der Waals surface area contributed by atoms with Crippen molar-refractivity contribution in [1.29, 1.82) is 0 Å². The molecule has 0 aliphatic carbocycles. The minimum absolute atomic E-state index is 0.0359. The van der Waals surface area contributed by atoms with E-state index in [1.54, 1.807) is 20.8 Å². The molecule has 2 N–H and O–H groups in total. The fraction of sp³-hybridized carbons (Fsp3) is 0.500. The van der Waals surface area contributed by atoms with Crippen molar-refractivity contribution in [1.82, 2.24) is 0 Å². The molecule has 1 rings (SSSR count). The molecule has 0 bridgehead atoms. The number of amides is 1. The van der Waals surface area contributed by atoms with Crippen LogP contribution in [0.15, 0.2) is 30.3 Å². The van der Waals surface area contributed by atoms with Gasteiger partial charge in [-0.1, -0.05) is 18.2 Å². The van der Waals surface area contributed by atoms with Crippen LogP contribution in [-0.4, -0.2) is 36.8 Å². The summed E-state index contributed by atoms with van der Waals surface area (Å²) in [6.45, 7) is 8.79. The summed E-state index contributed by atoms with van der Waals surface area (Å²) in [7, 11) is -3.22. The van der Waals surface area contributed by atoms with Gasteiger partial charge in [0.05, 0.1) is 19.8 Å². The second kappa shape index (κ2) is 15.8. The number of hydrogen-bond donors (Lipinski definition) is 2. The molecule has 25 heavy (non-hydrogen) atoms. The molecule has 0 atom stereocenters. The summed E-state index contributed by atoms with van der Waals surface area (Å²) >= 11 is 0. The average molecular weight is 377 g/mol. The molecule has 144 valence electrons. The van der Waals surface area contributed by atoms with Crippen LogP contribution in [0.5, 0.6) is 0 Å². The maximum atomic E-state index is 11.3. The molecule has 0 spiro atoms. The lowest BCUT2D eigenvalue weighted by molar-refractivity contribution is -0.134. The Bertz CT molecular complexity index is 495. The largest absolute Gasteiger partial charge is 0.481 e. The van der Waals surface area contributed by atoms with Gasteiger partial charge in [0, 0.05) is 19.5 Å². The first kappa shape index (κ1) is 25.5. The predicted molar refractivity (Wildman–Crippen MR) is 96.5 cm³/mol. The molecule has 0 saturated heterocycles. The molecule has 0 fully saturated rings. The highest BCUT2D eigenvalue weighted by Crippen LogP contribution is 2.48. The van der Waals surface area contributed by atoms with Crippen molar-refractivity contribution in [2.24, 2.45) is 0 Å². The van der Waals surface area contributed by atoms with E-state index in [9.17, 15) is 9.36 Å². The highest BCUT2D eigenvalue weighted by atomic mass is 31.2. The molecule has 1 amide bonds. The van der Waals surface area contributed by atoms with Gasteiger partial charge in [-0.2, -0.15) is 0 Å². The first-order valence-electron chi connectivity index (χ1n) is 7.76. The van der Waals surface area contributed by atoms with Crippen LogP contribution in [0.2, 0.25) is 0 Å². The molecule has 0 aliphatic rings. The van der Waals surface area contributed by atoms with Crippen LogP contribution in [0, 0.1) is 0 Å². The van der Waals surface area contributed by atoms with E-state index in [4.69, 9.17) is 23.5 Å². The first-order chi connectivity index (χ1) is 11.7. The molecular formula is C16H28NO7P. The van der Waals surface area contributed by atoms with Crippen molar-refractivity contribution >= 4 is 25.4 Å². The second-order valence-electron chi connectivity index (χ2n) is 4.27. The number of phosphoric acid groups is 1. The van der Waals surface area contributed by atoms with E-state index < -0.39 is 13.8 Å². The second-order valence-corrected chi connectivity index (χ2v) is 5.94. The molecule has 0 aliphatic heterocycles. The maximum absolute atomic E-state index is 11.3. The number of carboxylic acids is 1. The average Bonchev–Trinajstić information content (AvgIpc) is 2.48. The summed E-state index contributed by atoms with van der Waals surface area (Å²) in [4.78, 5) is 19.5. The predicted octanol–water partition coefficient (Wildman–Crippen LogP) is 3.94.